The van der Waals surface area contributed by atoms with E-state index in [1.165, 1.54) is 0 Å². The summed E-state index contributed by atoms with van der Waals surface area (Å²) in [5, 5.41) is 15.8. The molecular formula is C10H17N3O2. The van der Waals surface area contributed by atoms with Crippen molar-refractivity contribution in [3.63, 3.8) is 0 Å². The highest BCUT2D eigenvalue weighted by atomic mass is 16.4. The van der Waals surface area contributed by atoms with Gasteiger partial charge >= 0.3 is 5.97 Å². The normalized spacial score (nSPS) is 10.2. The zero-order chi connectivity index (χ0) is 11.1. The SMILES string of the molecule is Cn1ccc(NCCCCCC(=O)O)n1. The number of hydrogen-bond donors (Lipinski definition) is 2. The van der Waals surface area contributed by atoms with Crippen molar-refractivity contribution in [2.75, 3.05) is 11.9 Å². The minimum Gasteiger partial charge on any atom is -0.481 e. The third kappa shape index (κ3) is 5.05. The molecule has 84 valence electrons. The Balaban J connectivity index is 2.00. The molecule has 1 aromatic rings. The predicted octanol–water partition coefficient (Wildman–Crippen LogP) is 1.48. The van der Waals surface area contributed by atoms with Crippen molar-refractivity contribution >= 4 is 11.8 Å². The van der Waals surface area contributed by atoms with Crippen LogP contribution in [0.2, 0.25) is 0 Å². The Morgan fingerprint density at radius 2 is 2.33 bits per heavy atom. The predicted molar refractivity (Wildman–Crippen MR) is 57.8 cm³/mol. The number of nitrogens with zero attached hydrogens (tertiary/aromatic N) is 2. The Hall–Kier alpha value is -1.52. The second-order valence-electron chi connectivity index (χ2n) is 3.51. The quantitative estimate of drug-likeness (QED) is 0.670. The van der Waals surface area contributed by atoms with Crippen molar-refractivity contribution in [1.82, 2.24) is 9.78 Å². The molecule has 0 spiro atoms. The smallest absolute Gasteiger partial charge is 0.303 e. The molecule has 2 N–H and O–H groups in total. The molecule has 0 radical (unpaired) electrons. The van der Waals surface area contributed by atoms with Gasteiger partial charge in [0.25, 0.3) is 0 Å². The summed E-state index contributed by atoms with van der Waals surface area (Å²) < 4.78 is 1.74. The molecule has 0 saturated heterocycles. The summed E-state index contributed by atoms with van der Waals surface area (Å²) in [6.07, 6.45) is 4.81. The molecule has 0 aliphatic carbocycles. The molecule has 0 aromatic carbocycles. The third-order valence-corrected chi connectivity index (χ3v) is 2.09. The van der Waals surface area contributed by atoms with Gasteiger partial charge in [0.05, 0.1) is 0 Å². The van der Waals surface area contributed by atoms with Crippen molar-refractivity contribution in [2.45, 2.75) is 25.7 Å². The molecule has 15 heavy (non-hydrogen) atoms. The zero-order valence-electron chi connectivity index (χ0n) is 8.94. The van der Waals surface area contributed by atoms with Gasteiger partial charge in [-0.3, -0.25) is 9.48 Å². The van der Waals surface area contributed by atoms with Crippen molar-refractivity contribution in [1.29, 1.82) is 0 Å². The van der Waals surface area contributed by atoms with E-state index < -0.39 is 5.97 Å². The highest BCUT2D eigenvalue weighted by Gasteiger charge is 1.97. The zero-order valence-corrected chi connectivity index (χ0v) is 8.94. The largest absolute Gasteiger partial charge is 0.481 e. The summed E-state index contributed by atoms with van der Waals surface area (Å²) in [6, 6.07) is 1.91. The van der Waals surface area contributed by atoms with Crippen LogP contribution in [-0.2, 0) is 11.8 Å². The van der Waals surface area contributed by atoms with Gasteiger partial charge in [-0.1, -0.05) is 6.42 Å². The molecule has 1 aromatic heterocycles. The van der Waals surface area contributed by atoms with Crippen LogP contribution in [0.1, 0.15) is 25.7 Å². The van der Waals surface area contributed by atoms with Crippen molar-refractivity contribution in [3.05, 3.63) is 12.3 Å². The van der Waals surface area contributed by atoms with E-state index in [9.17, 15) is 4.79 Å². The Bertz CT molecular complexity index is 309. The van der Waals surface area contributed by atoms with E-state index >= 15 is 0 Å². The first-order valence-electron chi connectivity index (χ1n) is 5.14. The summed E-state index contributed by atoms with van der Waals surface area (Å²) in [7, 11) is 1.87. The van der Waals surface area contributed by atoms with Crippen LogP contribution >= 0.6 is 0 Å². The first kappa shape index (κ1) is 11.6. The number of carbonyl (C=O) groups is 1. The number of hydrogen-bond acceptors (Lipinski definition) is 3. The van der Waals surface area contributed by atoms with E-state index in [0.29, 0.717) is 0 Å². The standard InChI is InChI=1S/C10H17N3O2/c1-13-8-6-9(12-13)11-7-4-2-3-5-10(14)15/h6,8H,2-5,7H2,1H3,(H,11,12)(H,14,15). The second kappa shape index (κ2) is 6.06. The lowest BCUT2D eigenvalue weighted by molar-refractivity contribution is -0.137. The molecule has 0 saturated carbocycles. The summed E-state index contributed by atoms with van der Waals surface area (Å²) in [5.41, 5.74) is 0. The van der Waals surface area contributed by atoms with Crippen molar-refractivity contribution in [2.24, 2.45) is 7.05 Å². The van der Waals surface area contributed by atoms with E-state index in [-0.39, 0.29) is 6.42 Å². The fourth-order valence-corrected chi connectivity index (χ4v) is 1.30. The molecule has 0 aliphatic heterocycles. The molecule has 0 atom stereocenters. The van der Waals surface area contributed by atoms with Crippen molar-refractivity contribution < 1.29 is 9.90 Å². The number of aromatic nitrogens is 2. The summed E-state index contributed by atoms with van der Waals surface area (Å²) in [4.78, 5) is 10.2. The van der Waals surface area contributed by atoms with E-state index in [0.717, 1.165) is 31.6 Å². The maximum absolute atomic E-state index is 10.2. The molecule has 5 nitrogen and oxygen atoms in total. The van der Waals surface area contributed by atoms with Crippen LogP contribution in [0.4, 0.5) is 5.82 Å². The van der Waals surface area contributed by atoms with Crippen LogP contribution in [0, 0.1) is 0 Å². The summed E-state index contributed by atoms with van der Waals surface area (Å²) >= 11 is 0. The van der Waals surface area contributed by atoms with E-state index in [4.69, 9.17) is 5.11 Å². The monoisotopic (exact) mass is 211 g/mol. The molecule has 5 heteroatoms. The Morgan fingerprint density at radius 3 is 2.93 bits per heavy atom. The highest BCUT2D eigenvalue weighted by Crippen LogP contribution is 2.03. The van der Waals surface area contributed by atoms with Gasteiger partial charge < -0.3 is 10.4 Å². The number of carboxylic acid groups (broad SMARTS) is 1. The number of carboxylic acids is 1. The molecule has 0 amide bonds. The maximum atomic E-state index is 10.2. The number of aryl methyl sites for hydroxylation is 1. The first-order valence-corrected chi connectivity index (χ1v) is 5.14. The topological polar surface area (TPSA) is 67.2 Å². The first-order chi connectivity index (χ1) is 7.18. The Morgan fingerprint density at radius 1 is 1.53 bits per heavy atom. The lowest BCUT2D eigenvalue weighted by atomic mass is 10.2. The Labute approximate surface area is 89.1 Å². The number of rotatable bonds is 7. The Kier molecular flexibility index (Phi) is 4.66. The molecule has 0 fully saturated rings. The molecule has 1 rings (SSSR count). The van der Waals surface area contributed by atoms with Crippen LogP contribution < -0.4 is 5.32 Å². The van der Waals surface area contributed by atoms with Crippen LogP contribution in [-0.4, -0.2) is 27.4 Å². The average Bonchev–Trinajstić information content (AvgIpc) is 2.57. The lowest BCUT2D eigenvalue weighted by Crippen LogP contribution is -2.03. The van der Waals surface area contributed by atoms with Crippen molar-refractivity contribution in [3.8, 4) is 0 Å². The average molecular weight is 211 g/mol. The number of nitrogens with one attached hydrogen (secondary N) is 1. The minimum absolute atomic E-state index is 0.267. The van der Waals surface area contributed by atoms with Crippen LogP contribution in [0.5, 0.6) is 0 Å². The van der Waals surface area contributed by atoms with Gasteiger partial charge in [0.1, 0.15) is 5.82 Å². The van der Waals surface area contributed by atoms with E-state index in [1.54, 1.807) is 4.68 Å². The van der Waals surface area contributed by atoms with Gasteiger partial charge in [0, 0.05) is 32.3 Å². The number of anilines is 1. The fourth-order valence-electron chi connectivity index (χ4n) is 1.30. The van der Waals surface area contributed by atoms with Gasteiger partial charge in [-0.2, -0.15) is 5.10 Å². The van der Waals surface area contributed by atoms with E-state index in [2.05, 4.69) is 10.4 Å². The van der Waals surface area contributed by atoms with Gasteiger partial charge in [-0.25, -0.2) is 0 Å². The molecule has 0 aliphatic rings. The number of unbranched alkanes of at least 4 members (excludes halogenated alkanes) is 2. The van der Waals surface area contributed by atoms with Gasteiger partial charge in [-0.05, 0) is 12.8 Å². The molecule has 1 heterocycles. The molecule has 0 unspecified atom stereocenters. The third-order valence-electron chi connectivity index (χ3n) is 2.09. The highest BCUT2D eigenvalue weighted by molar-refractivity contribution is 5.66. The van der Waals surface area contributed by atoms with Crippen LogP contribution in [0.15, 0.2) is 12.3 Å². The van der Waals surface area contributed by atoms with Gasteiger partial charge in [-0.15, -0.1) is 0 Å². The molecule has 0 bridgehead atoms. The van der Waals surface area contributed by atoms with Crippen LogP contribution in [0.3, 0.4) is 0 Å². The number of aliphatic carboxylic acids is 1. The lowest BCUT2D eigenvalue weighted by Gasteiger charge is -2.01. The van der Waals surface area contributed by atoms with E-state index in [1.807, 2.05) is 19.3 Å². The molecular weight excluding hydrogens is 194 g/mol. The maximum Gasteiger partial charge on any atom is 0.303 e. The summed E-state index contributed by atoms with van der Waals surface area (Å²) in [5.74, 6) is 0.156. The van der Waals surface area contributed by atoms with Crippen LogP contribution in [0.25, 0.3) is 0 Å². The van der Waals surface area contributed by atoms with Gasteiger partial charge in [0.15, 0.2) is 0 Å². The minimum atomic E-state index is -0.715. The summed E-state index contributed by atoms with van der Waals surface area (Å²) in [6.45, 7) is 0.844. The second-order valence-corrected chi connectivity index (χ2v) is 3.51. The fraction of sp³-hybridized carbons (Fsp3) is 0.600. The van der Waals surface area contributed by atoms with Gasteiger partial charge in [0.2, 0.25) is 0 Å².